The summed E-state index contributed by atoms with van der Waals surface area (Å²) in [5.74, 6) is -0.0718. The van der Waals surface area contributed by atoms with Crippen molar-refractivity contribution >= 4 is 5.97 Å². The van der Waals surface area contributed by atoms with E-state index in [4.69, 9.17) is 4.74 Å². The van der Waals surface area contributed by atoms with Gasteiger partial charge in [-0.3, -0.25) is 4.79 Å². The molecule has 0 amide bonds. The van der Waals surface area contributed by atoms with E-state index in [-0.39, 0.29) is 17.3 Å². The van der Waals surface area contributed by atoms with Crippen molar-refractivity contribution in [2.45, 2.75) is 32.1 Å². The lowest BCUT2D eigenvalue weighted by Gasteiger charge is -2.36. The Balaban J connectivity index is 2.37. The van der Waals surface area contributed by atoms with Crippen LogP contribution < -0.4 is 0 Å². The Morgan fingerprint density at radius 2 is 2.06 bits per heavy atom. The molecule has 1 aliphatic carbocycles. The summed E-state index contributed by atoms with van der Waals surface area (Å²) in [5.41, 5.74) is 2.72. The Labute approximate surface area is 96.6 Å². The number of carbonyl (C=O) groups excluding carboxylic acids is 1. The van der Waals surface area contributed by atoms with Crippen LogP contribution in [0.4, 0.5) is 0 Å². The third-order valence-corrected chi connectivity index (χ3v) is 3.50. The van der Waals surface area contributed by atoms with Crippen LogP contribution in [0.2, 0.25) is 0 Å². The predicted octanol–water partition coefficient (Wildman–Crippen LogP) is 2.70. The third-order valence-electron chi connectivity index (χ3n) is 3.50. The molecule has 16 heavy (non-hydrogen) atoms. The molecule has 1 aromatic rings. The summed E-state index contributed by atoms with van der Waals surface area (Å²) < 4.78 is 4.86. The lowest BCUT2D eigenvalue weighted by Crippen LogP contribution is -2.34. The fourth-order valence-corrected chi connectivity index (χ4v) is 2.76. The first-order valence-electron chi connectivity index (χ1n) is 5.71. The molecule has 0 N–H and O–H groups in total. The number of ether oxygens (including phenoxy) is 1. The van der Waals surface area contributed by atoms with Gasteiger partial charge >= 0.3 is 5.97 Å². The van der Waals surface area contributed by atoms with E-state index in [1.165, 1.54) is 18.2 Å². The zero-order valence-electron chi connectivity index (χ0n) is 10.1. The largest absolute Gasteiger partial charge is 0.469 e. The summed E-state index contributed by atoms with van der Waals surface area (Å²) in [5, 5.41) is 0. The van der Waals surface area contributed by atoms with Gasteiger partial charge in [-0.05, 0) is 29.4 Å². The van der Waals surface area contributed by atoms with E-state index < -0.39 is 0 Å². The Kier molecular flexibility index (Phi) is 2.75. The molecule has 2 rings (SSSR count). The molecule has 0 fully saturated rings. The van der Waals surface area contributed by atoms with Crippen molar-refractivity contribution < 1.29 is 9.53 Å². The summed E-state index contributed by atoms with van der Waals surface area (Å²) >= 11 is 0. The molecule has 0 unspecified atom stereocenters. The van der Waals surface area contributed by atoms with Crippen LogP contribution in [-0.4, -0.2) is 13.1 Å². The fraction of sp³-hybridized carbons (Fsp3) is 0.500. The van der Waals surface area contributed by atoms with Crippen LogP contribution in [0, 0.1) is 5.92 Å². The van der Waals surface area contributed by atoms with E-state index in [2.05, 4.69) is 32.0 Å². The predicted molar refractivity (Wildman–Crippen MR) is 63.3 cm³/mol. The average molecular weight is 218 g/mol. The third kappa shape index (κ3) is 1.84. The van der Waals surface area contributed by atoms with Crippen LogP contribution >= 0.6 is 0 Å². The van der Waals surface area contributed by atoms with Crippen molar-refractivity contribution in [1.82, 2.24) is 0 Å². The first kappa shape index (κ1) is 11.2. The topological polar surface area (TPSA) is 26.3 Å². The lowest BCUT2D eigenvalue weighted by atomic mass is 9.68. The highest BCUT2D eigenvalue weighted by molar-refractivity contribution is 5.73. The molecule has 86 valence electrons. The molecule has 0 bridgehead atoms. The Bertz CT molecular complexity index is 407. The molecule has 0 spiro atoms. The quantitative estimate of drug-likeness (QED) is 0.677. The first-order valence-corrected chi connectivity index (χ1v) is 5.71. The summed E-state index contributed by atoms with van der Waals surface area (Å²) in [7, 11) is 1.47. The van der Waals surface area contributed by atoms with Crippen molar-refractivity contribution in [3.63, 3.8) is 0 Å². The van der Waals surface area contributed by atoms with Crippen LogP contribution in [-0.2, 0) is 21.4 Å². The van der Waals surface area contributed by atoms with Gasteiger partial charge in [-0.1, -0.05) is 38.1 Å². The highest BCUT2D eigenvalue weighted by Gasteiger charge is 2.36. The number of carbonyl (C=O) groups is 1. The smallest absolute Gasteiger partial charge is 0.309 e. The molecule has 0 radical (unpaired) electrons. The highest BCUT2D eigenvalue weighted by Crippen LogP contribution is 2.39. The second-order valence-electron chi connectivity index (χ2n) is 5.17. The molecule has 0 saturated carbocycles. The SMILES string of the molecule is COC(=O)[C@H]1Cc2ccccc2C(C)(C)C1. The number of methoxy groups -OCH3 is 1. The van der Waals surface area contributed by atoms with Crippen LogP contribution in [0.25, 0.3) is 0 Å². The molecule has 0 aromatic heterocycles. The minimum absolute atomic E-state index is 0.00917. The Morgan fingerprint density at radius 3 is 2.75 bits per heavy atom. The van der Waals surface area contributed by atoms with E-state index in [0.717, 1.165) is 12.8 Å². The van der Waals surface area contributed by atoms with Crippen molar-refractivity contribution in [1.29, 1.82) is 0 Å². The standard InChI is InChI=1S/C14H18O2/c1-14(2)9-11(13(15)16-3)8-10-6-4-5-7-12(10)14/h4-7,11H,8-9H2,1-3H3/t11-/m0/s1. The van der Waals surface area contributed by atoms with E-state index in [9.17, 15) is 4.79 Å². The maximum atomic E-state index is 11.6. The van der Waals surface area contributed by atoms with Crippen LogP contribution in [0.15, 0.2) is 24.3 Å². The Hall–Kier alpha value is -1.31. The lowest BCUT2D eigenvalue weighted by molar-refractivity contribution is -0.146. The van der Waals surface area contributed by atoms with Gasteiger partial charge in [-0.25, -0.2) is 0 Å². The van der Waals surface area contributed by atoms with E-state index in [1.807, 2.05) is 6.07 Å². The zero-order chi connectivity index (χ0) is 11.8. The highest BCUT2D eigenvalue weighted by atomic mass is 16.5. The van der Waals surface area contributed by atoms with Crippen molar-refractivity contribution in [2.24, 2.45) is 5.92 Å². The number of esters is 1. The van der Waals surface area contributed by atoms with Gasteiger partial charge in [0, 0.05) is 0 Å². The van der Waals surface area contributed by atoms with E-state index >= 15 is 0 Å². The molecular formula is C14H18O2. The van der Waals surface area contributed by atoms with Gasteiger partial charge in [0.1, 0.15) is 0 Å². The van der Waals surface area contributed by atoms with Gasteiger partial charge in [0.05, 0.1) is 13.0 Å². The normalized spacial score (nSPS) is 22.3. The maximum Gasteiger partial charge on any atom is 0.309 e. The number of hydrogen-bond acceptors (Lipinski definition) is 2. The second-order valence-corrected chi connectivity index (χ2v) is 5.17. The van der Waals surface area contributed by atoms with Crippen molar-refractivity contribution in [2.75, 3.05) is 7.11 Å². The summed E-state index contributed by atoms with van der Waals surface area (Å²) in [6.45, 7) is 4.39. The number of benzene rings is 1. The van der Waals surface area contributed by atoms with Crippen molar-refractivity contribution in [3.8, 4) is 0 Å². The first-order chi connectivity index (χ1) is 7.54. The number of fused-ring (bicyclic) bond motifs is 1. The molecule has 0 heterocycles. The molecule has 0 saturated heterocycles. The molecule has 2 nitrogen and oxygen atoms in total. The molecule has 1 aromatic carbocycles. The molecule has 1 aliphatic rings. The van der Waals surface area contributed by atoms with E-state index in [0.29, 0.717) is 0 Å². The van der Waals surface area contributed by atoms with Gasteiger partial charge < -0.3 is 4.74 Å². The minimum atomic E-state index is -0.0809. The average Bonchev–Trinajstić information content (AvgIpc) is 2.27. The van der Waals surface area contributed by atoms with E-state index in [1.54, 1.807) is 0 Å². The number of hydrogen-bond donors (Lipinski definition) is 0. The maximum absolute atomic E-state index is 11.6. The molecule has 1 atom stereocenters. The number of rotatable bonds is 1. The fourth-order valence-electron chi connectivity index (χ4n) is 2.76. The zero-order valence-corrected chi connectivity index (χ0v) is 10.1. The summed E-state index contributed by atoms with van der Waals surface area (Å²) in [4.78, 5) is 11.6. The van der Waals surface area contributed by atoms with Gasteiger partial charge in [-0.15, -0.1) is 0 Å². The summed E-state index contributed by atoms with van der Waals surface area (Å²) in [6, 6.07) is 8.39. The van der Waals surface area contributed by atoms with Gasteiger partial charge in [0.25, 0.3) is 0 Å². The summed E-state index contributed by atoms with van der Waals surface area (Å²) in [6.07, 6.45) is 1.68. The monoisotopic (exact) mass is 218 g/mol. The minimum Gasteiger partial charge on any atom is -0.469 e. The van der Waals surface area contributed by atoms with Gasteiger partial charge in [0.15, 0.2) is 0 Å². The van der Waals surface area contributed by atoms with Gasteiger partial charge in [-0.2, -0.15) is 0 Å². The molecular weight excluding hydrogens is 200 g/mol. The molecule has 0 aliphatic heterocycles. The van der Waals surface area contributed by atoms with Crippen LogP contribution in [0.1, 0.15) is 31.4 Å². The Morgan fingerprint density at radius 1 is 1.38 bits per heavy atom. The van der Waals surface area contributed by atoms with Crippen LogP contribution in [0.3, 0.4) is 0 Å². The second kappa shape index (κ2) is 3.93. The van der Waals surface area contributed by atoms with Crippen molar-refractivity contribution in [3.05, 3.63) is 35.4 Å². The van der Waals surface area contributed by atoms with Gasteiger partial charge in [0.2, 0.25) is 0 Å². The molecule has 2 heteroatoms. The van der Waals surface area contributed by atoms with Crippen LogP contribution in [0.5, 0.6) is 0 Å².